The molecule has 100 valence electrons. The molecule has 1 aromatic heterocycles. The lowest BCUT2D eigenvalue weighted by Crippen LogP contribution is -2.32. The molecule has 1 unspecified atom stereocenters. The van der Waals surface area contributed by atoms with Gasteiger partial charge in [-0.2, -0.15) is 0 Å². The zero-order valence-corrected chi connectivity index (χ0v) is 11.5. The lowest BCUT2D eigenvalue weighted by molar-refractivity contribution is 0.0721. The number of nitrogens with two attached hydrogens (primary N) is 1. The minimum atomic E-state index is 0.352. The van der Waals surface area contributed by atoms with Crippen molar-refractivity contribution in [2.75, 3.05) is 25.4 Å². The van der Waals surface area contributed by atoms with Gasteiger partial charge in [-0.05, 0) is 31.5 Å². The van der Waals surface area contributed by atoms with Crippen molar-refractivity contribution in [3.63, 3.8) is 0 Å². The number of hydrogen-bond donors (Lipinski definition) is 1. The van der Waals surface area contributed by atoms with E-state index < -0.39 is 0 Å². The molecule has 18 heavy (non-hydrogen) atoms. The third-order valence-electron chi connectivity index (χ3n) is 3.25. The van der Waals surface area contributed by atoms with Crippen molar-refractivity contribution in [3.05, 3.63) is 22.8 Å². The van der Waals surface area contributed by atoms with Crippen LogP contribution in [0, 0.1) is 0 Å². The van der Waals surface area contributed by atoms with E-state index >= 15 is 0 Å². The number of pyridine rings is 1. The number of likely N-dealkylation sites (N-methyl/N-ethyl adjacent to an activating group) is 1. The highest BCUT2D eigenvalue weighted by atomic mass is 35.5. The number of halogens is 1. The van der Waals surface area contributed by atoms with Gasteiger partial charge in [0.15, 0.2) is 0 Å². The highest BCUT2D eigenvalue weighted by Crippen LogP contribution is 2.19. The van der Waals surface area contributed by atoms with E-state index in [1.807, 2.05) is 0 Å². The van der Waals surface area contributed by atoms with Crippen LogP contribution in [0.1, 0.15) is 25.5 Å². The first-order valence-corrected chi connectivity index (χ1v) is 6.81. The maximum Gasteiger partial charge on any atom is 0.123 e. The molecule has 0 saturated carbocycles. The number of rotatable bonds is 5. The summed E-state index contributed by atoms with van der Waals surface area (Å²) in [6.45, 7) is 5.63. The summed E-state index contributed by atoms with van der Waals surface area (Å²) >= 11 is 6.14. The molecule has 0 bridgehead atoms. The summed E-state index contributed by atoms with van der Waals surface area (Å²) in [6, 6.07) is 3.53. The molecule has 2 rings (SSSR count). The summed E-state index contributed by atoms with van der Waals surface area (Å²) < 4.78 is 5.66. The van der Waals surface area contributed by atoms with Crippen LogP contribution >= 0.6 is 11.6 Å². The second-order valence-electron chi connectivity index (χ2n) is 4.63. The van der Waals surface area contributed by atoms with Crippen LogP contribution in [0.3, 0.4) is 0 Å². The molecule has 1 aliphatic rings. The van der Waals surface area contributed by atoms with Gasteiger partial charge < -0.3 is 10.5 Å². The zero-order valence-electron chi connectivity index (χ0n) is 10.7. The number of anilines is 1. The molecular weight excluding hydrogens is 250 g/mol. The normalized spacial score (nSPS) is 19.6. The molecule has 1 atom stereocenters. The number of ether oxygens (including phenoxy) is 1. The molecule has 0 amide bonds. The highest BCUT2D eigenvalue weighted by Gasteiger charge is 2.19. The first-order valence-electron chi connectivity index (χ1n) is 6.44. The van der Waals surface area contributed by atoms with Gasteiger partial charge in [-0.15, -0.1) is 0 Å². The fourth-order valence-electron chi connectivity index (χ4n) is 2.21. The Morgan fingerprint density at radius 3 is 3.06 bits per heavy atom. The SMILES string of the molecule is CCN(Cc1nc(N)ccc1Cl)CC1CCCO1. The Morgan fingerprint density at radius 2 is 2.39 bits per heavy atom. The van der Waals surface area contributed by atoms with Crippen LogP contribution in [0.25, 0.3) is 0 Å². The van der Waals surface area contributed by atoms with E-state index in [1.165, 1.54) is 6.42 Å². The molecule has 2 N–H and O–H groups in total. The maximum atomic E-state index is 6.14. The summed E-state index contributed by atoms with van der Waals surface area (Å²) in [7, 11) is 0. The largest absolute Gasteiger partial charge is 0.384 e. The first kappa shape index (κ1) is 13.6. The van der Waals surface area contributed by atoms with E-state index in [2.05, 4.69) is 16.8 Å². The number of nitrogens with zero attached hydrogens (tertiary/aromatic N) is 2. The molecular formula is C13H20ClN3O. The summed E-state index contributed by atoms with van der Waals surface area (Å²) in [4.78, 5) is 6.59. The van der Waals surface area contributed by atoms with Crippen LogP contribution in [0.2, 0.25) is 5.02 Å². The van der Waals surface area contributed by atoms with Crippen molar-refractivity contribution in [3.8, 4) is 0 Å². The fourth-order valence-corrected chi connectivity index (χ4v) is 2.37. The van der Waals surface area contributed by atoms with Crippen molar-refractivity contribution < 1.29 is 4.74 Å². The van der Waals surface area contributed by atoms with E-state index in [1.54, 1.807) is 12.1 Å². The van der Waals surface area contributed by atoms with Gasteiger partial charge in [-0.1, -0.05) is 18.5 Å². The molecule has 0 aromatic carbocycles. The molecule has 4 nitrogen and oxygen atoms in total. The van der Waals surface area contributed by atoms with Gasteiger partial charge >= 0.3 is 0 Å². The van der Waals surface area contributed by atoms with Gasteiger partial charge in [-0.3, -0.25) is 4.90 Å². The number of aromatic nitrogens is 1. The Kier molecular flexibility index (Phi) is 4.80. The quantitative estimate of drug-likeness (QED) is 0.891. The molecule has 2 heterocycles. The highest BCUT2D eigenvalue weighted by molar-refractivity contribution is 6.31. The Balaban J connectivity index is 1.98. The van der Waals surface area contributed by atoms with Gasteiger partial charge in [0.05, 0.1) is 16.8 Å². The van der Waals surface area contributed by atoms with Crippen LogP contribution in [0.4, 0.5) is 5.82 Å². The summed E-state index contributed by atoms with van der Waals surface area (Å²) in [6.07, 6.45) is 2.67. The van der Waals surface area contributed by atoms with E-state index in [-0.39, 0.29) is 0 Å². The predicted octanol–water partition coefficient (Wildman–Crippen LogP) is 2.32. The third-order valence-corrected chi connectivity index (χ3v) is 3.59. The zero-order chi connectivity index (χ0) is 13.0. The minimum Gasteiger partial charge on any atom is -0.384 e. The van der Waals surface area contributed by atoms with Crippen molar-refractivity contribution >= 4 is 17.4 Å². The second kappa shape index (κ2) is 6.36. The molecule has 0 aliphatic carbocycles. The average molecular weight is 270 g/mol. The average Bonchev–Trinajstić information content (AvgIpc) is 2.85. The Labute approximate surface area is 113 Å². The molecule has 1 fully saturated rings. The first-order chi connectivity index (χ1) is 8.69. The van der Waals surface area contributed by atoms with Gasteiger partial charge in [0.2, 0.25) is 0 Å². The Morgan fingerprint density at radius 1 is 1.56 bits per heavy atom. The molecule has 0 spiro atoms. The third kappa shape index (κ3) is 3.57. The maximum absolute atomic E-state index is 6.14. The molecule has 1 aliphatic heterocycles. The van der Waals surface area contributed by atoms with Crippen molar-refractivity contribution in [2.45, 2.75) is 32.4 Å². The fraction of sp³-hybridized carbons (Fsp3) is 0.615. The van der Waals surface area contributed by atoms with Crippen LogP contribution in [0.15, 0.2) is 12.1 Å². The van der Waals surface area contributed by atoms with Crippen LogP contribution in [-0.2, 0) is 11.3 Å². The lowest BCUT2D eigenvalue weighted by Gasteiger charge is -2.23. The van der Waals surface area contributed by atoms with Crippen LogP contribution < -0.4 is 5.73 Å². The van der Waals surface area contributed by atoms with Gasteiger partial charge in [-0.25, -0.2) is 4.98 Å². The van der Waals surface area contributed by atoms with E-state index in [0.29, 0.717) is 16.9 Å². The van der Waals surface area contributed by atoms with Gasteiger partial charge in [0.1, 0.15) is 5.82 Å². The Hall–Kier alpha value is -0.840. The predicted molar refractivity (Wildman–Crippen MR) is 73.6 cm³/mol. The van der Waals surface area contributed by atoms with E-state index in [0.717, 1.165) is 38.4 Å². The Bertz CT molecular complexity index is 394. The topological polar surface area (TPSA) is 51.4 Å². The molecule has 1 aromatic rings. The van der Waals surface area contributed by atoms with E-state index in [9.17, 15) is 0 Å². The standard InChI is InChI=1S/C13H20ClN3O/c1-2-17(8-10-4-3-7-18-10)9-12-11(14)5-6-13(15)16-12/h5-6,10H,2-4,7-9H2,1H3,(H2,15,16). The van der Waals surface area contributed by atoms with Crippen molar-refractivity contribution in [2.24, 2.45) is 0 Å². The molecule has 0 radical (unpaired) electrons. The molecule has 1 saturated heterocycles. The summed E-state index contributed by atoms with van der Waals surface area (Å²) in [5.41, 5.74) is 6.54. The monoisotopic (exact) mass is 269 g/mol. The van der Waals surface area contributed by atoms with Crippen molar-refractivity contribution in [1.29, 1.82) is 0 Å². The lowest BCUT2D eigenvalue weighted by atomic mass is 10.2. The smallest absolute Gasteiger partial charge is 0.123 e. The second-order valence-corrected chi connectivity index (χ2v) is 5.03. The minimum absolute atomic E-state index is 0.352. The summed E-state index contributed by atoms with van der Waals surface area (Å²) in [5, 5.41) is 0.676. The number of hydrogen-bond acceptors (Lipinski definition) is 4. The van der Waals surface area contributed by atoms with Gasteiger partial charge in [0, 0.05) is 19.7 Å². The van der Waals surface area contributed by atoms with Gasteiger partial charge in [0.25, 0.3) is 0 Å². The van der Waals surface area contributed by atoms with Crippen molar-refractivity contribution in [1.82, 2.24) is 9.88 Å². The van der Waals surface area contributed by atoms with Crippen LogP contribution in [-0.4, -0.2) is 35.7 Å². The molecule has 5 heteroatoms. The number of nitrogen functional groups attached to an aromatic ring is 1. The van der Waals surface area contributed by atoms with E-state index in [4.69, 9.17) is 22.1 Å². The summed E-state index contributed by atoms with van der Waals surface area (Å²) in [5.74, 6) is 0.516. The van der Waals surface area contributed by atoms with Crippen LogP contribution in [0.5, 0.6) is 0 Å².